The van der Waals surface area contributed by atoms with Gasteiger partial charge in [-0.15, -0.1) is 0 Å². The molecule has 4 nitrogen and oxygen atoms in total. The van der Waals surface area contributed by atoms with Gasteiger partial charge in [0.15, 0.2) is 0 Å². The molecule has 4 heteroatoms. The van der Waals surface area contributed by atoms with Crippen molar-refractivity contribution < 1.29 is 9.47 Å². The van der Waals surface area contributed by atoms with Crippen molar-refractivity contribution >= 4 is 32.8 Å². The second-order valence-electron chi connectivity index (χ2n) is 10.9. The van der Waals surface area contributed by atoms with Crippen LogP contribution in [0.15, 0.2) is 84.4 Å². The predicted octanol–water partition coefficient (Wildman–Crippen LogP) is 7.97. The molecule has 2 aliphatic rings. The van der Waals surface area contributed by atoms with Crippen LogP contribution in [0, 0.1) is 5.92 Å². The Bertz CT molecular complexity index is 1720. The molecule has 0 saturated heterocycles. The summed E-state index contributed by atoms with van der Waals surface area (Å²) < 4.78 is 13.5. The number of rotatable bonds is 3. The summed E-state index contributed by atoms with van der Waals surface area (Å²) in [5.41, 5.74) is 6.99. The molecule has 3 atom stereocenters. The van der Waals surface area contributed by atoms with Crippen LogP contribution in [0.5, 0.6) is 11.5 Å². The fourth-order valence-corrected chi connectivity index (χ4v) is 6.35. The summed E-state index contributed by atoms with van der Waals surface area (Å²) in [4.78, 5) is 10.4. The van der Waals surface area contributed by atoms with Crippen LogP contribution in [-0.4, -0.2) is 22.2 Å². The first kappa shape index (κ1) is 22.3. The number of aromatic nitrogens is 2. The average molecular weight is 487 g/mol. The third kappa shape index (κ3) is 3.42. The van der Waals surface area contributed by atoms with E-state index in [2.05, 4.69) is 75.4 Å². The summed E-state index contributed by atoms with van der Waals surface area (Å²) in [7, 11) is 0. The number of nitrogens with zero attached hydrogens (tertiary/aromatic N) is 2. The molecular weight excluding hydrogens is 456 g/mol. The first-order valence-electron chi connectivity index (χ1n) is 13.2. The lowest BCUT2D eigenvalue weighted by atomic mass is 9.67. The highest BCUT2D eigenvalue weighted by Crippen LogP contribution is 2.57. The van der Waals surface area contributed by atoms with Gasteiger partial charge in [0.05, 0.1) is 28.7 Å². The van der Waals surface area contributed by atoms with E-state index in [4.69, 9.17) is 19.4 Å². The minimum absolute atomic E-state index is 0.105. The number of benzene rings is 4. The van der Waals surface area contributed by atoms with Gasteiger partial charge in [0.25, 0.3) is 0 Å². The third-order valence-electron chi connectivity index (χ3n) is 8.20. The van der Waals surface area contributed by atoms with E-state index < -0.39 is 5.60 Å². The Morgan fingerprint density at radius 1 is 0.892 bits per heavy atom. The Balaban J connectivity index is 1.58. The highest BCUT2D eigenvalue weighted by Gasteiger charge is 2.51. The molecule has 0 radical (unpaired) electrons. The molecule has 2 aliphatic heterocycles. The molecule has 0 bridgehead atoms. The normalized spacial score (nSPS) is 22.0. The zero-order chi connectivity index (χ0) is 25.1. The van der Waals surface area contributed by atoms with Crippen LogP contribution < -0.4 is 9.47 Å². The SMILES string of the molecule is CC(C)=CCC[C@@]1(C)Oc2c(c3nc4ccccc4nc3c3ccccc23)C2c3ccccc3OCC21. The highest BCUT2D eigenvalue weighted by molar-refractivity contribution is 6.11. The van der Waals surface area contributed by atoms with Crippen molar-refractivity contribution in [2.45, 2.75) is 45.1 Å². The average Bonchev–Trinajstić information content (AvgIpc) is 2.92. The number of para-hydroxylation sites is 3. The zero-order valence-electron chi connectivity index (χ0n) is 21.5. The molecule has 1 aromatic heterocycles. The Kier molecular flexibility index (Phi) is 5.00. The molecule has 4 aromatic carbocycles. The van der Waals surface area contributed by atoms with E-state index in [0.717, 1.165) is 62.7 Å². The van der Waals surface area contributed by atoms with Crippen molar-refractivity contribution in [1.82, 2.24) is 9.97 Å². The summed E-state index contributed by atoms with van der Waals surface area (Å²) >= 11 is 0. The van der Waals surface area contributed by atoms with Gasteiger partial charge < -0.3 is 9.47 Å². The Hall–Kier alpha value is -3.92. The van der Waals surface area contributed by atoms with E-state index >= 15 is 0 Å². The fourth-order valence-electron chi connectivity index (χ4n) is 6.35. The molecule has 0 amide bonds. The van der Waals surface area contributed by atoms with Crippen LogP contribution in [0.3, 0.4) is 0 Å². The first-order chi connectivity index (χ1) is 18.0. The van der Waals surface area contributed by atoms with Crippen LogP contribution in [0.1, 0.15) is 50.7 Å². The van der Waals surface area contributed by atoms with Crippen molar-refractivity contribution in [3.05, 3.63) is 95.6 Å². The van der Waals surface area contributed by atoms with Gasteiger partial charge in [-0.3, -0.25) is 0 Å². The van der Waals surface area contributed by atoms with Gasteiger partial charge in [-0.05, 0) is 51.8 Å². The van der Waals surface area contributed by atoms with E-state index in [-0.39, 0.29) is 11.8 Å². The highest BCUT2D eigenvalue weighted by atomic mass is 16.5. The van der Waals surface area contributed by atoms with Gasteiger partial charge in [0.1, 0.15) is 17.1 Å². The summed E-state index contributed by atoms with van der Waals surface area (Å²) in [5, 5.41) is 2.19. The van der Waals surface area contributed by atoms with Crippen molar-refractivity contribution in [2.75, 3.05) is 6.61 Å². The van der Waals surface area contributed by atoms with Crippen molar-refractivity contribution in [3.63, 3.8) is 0 Å². The van der Waals surface area contributed by atoms with E-state index in [1.54, 1.807) is 0 Å². The lowest BCUT2D eigenvalue weighted by molar-refractivity contribution is -0.0315. The largest absolute Gasteiger partial charge is 0.493 e. The number of fused-ring (bicyclic) bond motifs is 11. The topological polar surface area (TPSA) is 44.2 Å². The Labute approximate surface area is 217 Å². The predicted molar refractivity (Wildman–Crippen MR) is 150 cm³/mol. The molecule has 0 aliphatic carbocycles. The second kappa shape index (κ2) is 8.31. The molecule has 3 heterocycles. The van der Waals surface area contributed by atoms with Crippen molar-refractivity contribution in [1.29, 1.82) is 0 Å². The molecule has 0 spiro atoms. The maximum atomic E-state index is 7.14. The van der Waals surface area contributed by atoms with E-state index in [1.165, 1.54) is 11.1 Å². The van der Waals surface area contributed by atoms with Crippen molar-refractivity contribution in [2.24, 2.45) is 5.92 Å². The van der Waals surface area contributed by atoms with Crippen molar-refractivity contribution in [3.8, 4) is 11.5 Å². The van der Waals surface area contributed by atoms with Crippen LogP contribution in [0.4, 0.5) is 0 Å². The summed E-state index contributed by atoms with van der Waals surface area (Å²) in [6.45, 7) is 7.20. The molecule has 0 fully saturated rings. The lowest BCUT2D eigenvalue weighted by Crippen LogP contribution is -2.51. The first-order valence-corrected chi connectivity index (χ1v) is 13.2. The quantitative estimate of drug-likeness (QED) is 0.147. The molecule has 7 rings (SSSR count). The Morgan fingerprint density at radius 2 is 1.57 bits per heavy atom. The summed E-state index contributed by atoms with van der Waals surface area (Å²) in [6.07, 6.45) is 4.20. The van der Waals surface area contributed by atoms with Crippen LogP contribution in [-0.2, 0) is 0 Å². The van der Waals surface area contributed by atoms with Gasteiger partial charge in [0.2, 0.25) is 0 Å². The van der Waals surface area contributed by atoms with Gasteiger partial charge in [-0.25, -0.2) is 9.97 Å². The number of hydrogen-bond acceptors (Lipinski definition) is 4. The smallest absolute Gasteiger partial charge is 0.134 e. The maximum Gasteiger partial charge on any atom is 0.134 e. The van der Waals surface area contributed by atoms with E-state index in [9.17, 15) is 0 Å². The molecule has 0 saturated carbocycles. The summed E-state index contributed by atoms with van der Waals surface area (Å²) in [5.74, 6) is 2.16. The van der Waals surface area contributed by atoms with Gasteiger partial charge in [0, 0.05) is 33.7 Å². The maximum absolute atomic E-state index is 7.14. The van der Waals surface area contributed by atoms with Crippen LogP contribution in [0.2, 0.25) is 0 Å². The number of allylic oxidation sites excluding steroid dienone is 2. The van der Waals surface area contributed by atoms with Gasteiger partial charge in [-0.1, -0.05) is 66.2 Å². The minimum atomic E-state index is -0.391. The molecule has 184 valence electrons. The van der Waals surface area contributed by atoms with Gasteiger partial charge >= 0.3 is 0 Å². The Morgan fingerprint density at radius 3 is 2.35 bits per heavy atom. The molecule has 37 heavy (non-hydrogen) atoms. The second-order valence-corrected chi connectivity index (χ2v) is 10.9. The third-order valence-corrected chi connectivity index (χ3v) is 8.20. The van der Waals surface area contributed by atoms with Crippen LogP contribution >= 0.6 is 0 Å². The van der Waals surface area contributed by atoms with E-state index in [1.807, 2.05) is 24.3 Å². The molecule has 0 N–H and O–H groups in total. The van der Waals surface area contributed by atoms with Crippen LogP contribution in [0.25, 0.3) is 32.8 Å². The zero-order valence-corrected chi connectivity index (χ0v) is 21.5. The number of ether oxygens (including phenoxy) is 2. The summed E-state index contributed by atoms with van der Waals surface area (Å²) in [6, 6.07) is 25.1. The minimum Gasteiger partial charge on any atom is -0.493 e. The molecular formula is C33H30N2O2. The lowest BCUT2D eigenvalue weighted by Gasteiger charge is -2.49. The molecule has 2 unspecified atom stereocenters. The van der Waals surface area contributed by atoms with Gasteiger partial charge in [-0.2, -0.15) is 0 Å². The van der Waals surface area contributed by atoms with E-state index in [0.29, 0.717) is 6.61 Å². The molecule has 5 aromatic rings. The fraction of sp³-hybridized carbons (Fsp3) is 0.273. The monoisotopic (exact) mass is 486 g/mol. The number of hydrogen-bond donors (Lipinski definition) is 0. The standard InChI is InChI=1S/C33H30N2O2/c1-20(2)11-10-18-33(3)24-19-36-27-17-9-6-14-23(27)28(24)29-31-30(34-25-15-7-8-16-26(25)35-31)21-12-4-5-13-22(21)32(29)37-33/h4-9,11-17,24,28H,10,18-19H2,1-3H3/t24?,28?,33-/m1/s1.